The molecule has 2 N–H and O–H groups in total. The van der Waals surface area contributed by atoms with Crippen LogP contribution in [0.1, 0.15) is 0 Å². The van der Waals surface area contributed by atoms with Gasteiger partial charge in [0.05, 0.1) is 0 Å². The van der Waals surface area contributed by atoms with Gasteiger partial charge in [0.25, 0.3) is 0 Å². The number of benzene rings is 1. The van der Waals surface area contributed by atoms with Crippen molar-refractivity contribution in [2.75, 3.05) is 0 Å². The fraction of sp³-hybridized carbons (Fsp3) is 0. The van der Waals surface area contributed by atoms with Crippen LogP contribution in [-0.4, -0.2) is 19.9 Å². The normalized spacial score (nSPS) is 9.55. The Morgan fingerprint density at radius 2 is 2.00 bits per heavy atom. The quantitative estimate of drug-likeness (QED) is 0.576. The zero-order valence-corrected chi connectivity index (χ0v) is 6.49. The van der Waals surface area contributed by atoms with E-state index in [9.17, 15) is 0 Å². The lowest BCUT2D eigenvalue weighted by Crippen LogP contribution is -1.80. The van der Waals surface area contributed by atoms with Gasteiger partial charge in [-0.2, -0.15) is 4.09 Å². The summed E-state index contributed by atoms with van der Waals surface area (Å²) < 4.78 is 1.45. The highest BCUT2D eigenvalue weighted by atomic mass is 32.1. The number of hydrogen-bond acceptors (Lipinski definition) is 3. The van der Waals surface area contributed by atoms with Crippen LogP contribution in [-0.2, 0) is 0 Å². The summed E-state index contributed by atoms with van der Waals surface area (Å²) in [5.41, 5.74) is 1.81. The molecule has 0 spiro atoms. The van der Waals surface area contributed by atoms with Crippen LogP contribution in [0.25, 0.3) is 11.0 Å². The standard InChI is InChI=1S/C6H5N3S.H2O/c10-9-6-4-2-1-3-5(6)7-8-9;/h1-4,10H;1H2. The summed E-state index contributed by atoms with van der Waals surface area (Å²) in [5.74, 6) is 0. The van der Waals surface area contributed by atoms with Crippen LogP contribution in [0.2, 0.25) is 0 Å². The Bertz CT molecular complexity index is 359. The van der Waals surface area contributed by atoms with Gasteiger partial charge in [0, 0.05) is 0 Å². The summed E-state index contributed by atoms with van der Waals surface area (Å²) in [6, 6.07) is 7.67. The molecule has 1 heterocycles. The predicted molar refractivity (Wildman–Crippen MR) is 45.5 cm³/mol. The number of aromatic nitrogens is 3. The Labute approximate surface area is 68.7 Å². The molecule has 5 heteroatoms. The molecule has 0 aliphatic carbocycles. The van der Waals surface area contributed by atoms with Gasteiger partial charge in [-0.25, -0.2) is 0 Å². The van der Waals surface area contributed by atoms with E-state index in [0.29, 0.717) is 0 Å². The van der Waals surface area contributed by atoms with Crippen molar-refractivity contribution in [2.24, 2.45) is 0 Å². The predicted octanol–water partition coefficient (Wildman–Crippen LogP) is 0.299. The molecule has 0 aliphatic rings. The molecule has 1 aromatic heterocycles. The topological polar surface area (TPSA) is 62.2 Å². The molecule has 2 aromatic rings. The SMILES string of the molecule is O.Sn1nnc2ccccc21. The van der Waals surface area contributed by atoms with Crippen molar-refractivity contribution in [2.45, 2.75) is 0 Å². The third-order valence-corrected chi connectivity index (χ3v) is 1.63. The van der Waals surface area contributed by atoms with E-state index in [4.69, 9.17) is 0 Å². The molecule has 0 fully saturated rings. The monoisotopic (exact) mass is 169 g/mol. The van der Waals surface area contributed by atoms with Gasteiger partial charge in [-0.15, -0.1) is 5.10 Å². The minimum absolute atomic E-state index is 0. The fourth-order valence-electron chi connectivity index (χ4n) is 0.857. The second-order valence-corrected chi connectivity index (χ2v) is 2.35. The summed E-state index contributed by atoms with van der Waals surface area (Å²) in [5, 5.41) is 7.58. The van der Waals surface area contributed by atoms with Crippen molar-refractivity contribution in [1.82, 2.24) is 14.4 Å². The van der Waals surface area contributed by atoms with Crippen LogP contribution in [0, 0.1) is 0 Å². The third-order valence-electron chi connectivity index (χ3n) is 1.33. The second kappa shape index (κ2) is 2.89. The van der Waals surface area contributed by atoms with Gasteiger partial charge in [0.15, 0.2) is 0 Å². The van der Waals surface area contributed by atoms with Crippen molar-refractivity contribution in [3.8, 4) is 0 Å². The molecule has 11 heavy (non-hydrogen) atoms. The maximum atomic E-state index is 4.04. The second-order valence-electron chi connectivity index (χ2n) is 1.97. The molecule has 0 saturated carbocycles. The van der Waals surface area contributed by atoms with Crippen LogP contribution < -0.4 is 0 Å². The molecule has 58 valence electrons. The highest BCUT2D eigenvalue weighted by Gasteiger charge is 1.96. The number of fused-ring (bicyclic) bond motifs is 1. The molecule has 0 unspecified atom stereocenters. The molecule has 0 aliphatic heterocycles. The van der Waals surface area contributed by atoms with Crippen LogP contribution in [0.4, 0.5) is 0 Å². The summed E-state index contributed by atoms with van der Waals surface area (Å²) in [4.78, 5) is 0. The Morgan fingerprint density at radius 3 is 2.73 bits per heavy atom. The zero-order valence-electron chi connectivity index (χ0n) is 5.60. The van der Waals surface area contributed by atoms with Crippen molar-refractivity contribution in [3.05, 3.63) is 24.3 Å². The van der Waals surface area contributed by atoms with Crippen molar-refractivity contribution in [1.29, 1.82) is 0 Å². The largest absolute Gasteiger partial charge is 0.412 e. The van der Waals surface area contributed by atoms with E-state index >= 15 is 0 Å². The first-order valence-electron chi connectivity index (χ1n) is 2.87. The molecule has 0 saturated heterocycles. The van der Waals surface area contributed by atoms with E-state index in [-0.39, 0.29) is 5.48 Å². The fourth-order valence-corrected chi connectivity index (χ4v) is 1.07. The van der Waals surface area contributed by atoms with Gasteiger partial charge in [0.2, 0.25) is 0 Å². The summed E-state index contributed by atoms with van der Waals surface area (Å²) >= 11 is 4.04. The minimum atomic E-state index is 0. The molecule has 2 rings (SSSR count). The number of rotatable bonds is 0. The number of nitrogens with zero attached hydrogens (tertiary/aromatic N) is 3. The molecule has 1 aromatic carbocycles. The molecular weight excluding hydrogens is 162 g/mol. The minimum Gasteiger partial charge on any atom is -0.412 e. The average Bonchev–Trinajstić information content (AvgIpc) is 2.34. The van der Waals surface area contributed by atoms with Crippen molar-refractivity contribution in [3.63, 3.8) is 0 Å². The van der Waals surface area contributed by atoms with Crippen molar-refractivity contribution < 1.29 is 5.48 Å². The third kappa shape index (κ3) is 1.20. The molecular formula is C6H7N3OS. The first-order valence-corrected chi connectivity index (χ1v) is 3.27. The lowest BCUT2D eigenvalue weighted by atomic mass is 10.3. The highest BCUT2D eigenvalue weighted by molar-refractivity contribution is 7.78. The first kappa shape index (κ1) is 8.03. The van der Waals surface area contributed by atoms with Gasteiger partial charge < -0.3 is 5.48 Å². The summed E-state index contributed by atoms with van der Waals surface area (Å²) in [7, 11) is 0. The van der Waals surface area contributed by atoms with Gasteiger partial charge in [-0.1, -0.05) is 17.3 Å². The zero-order chi connectivity index (χ0) is 6.97. The molecule has 0 atom stereocenters. The lowest BCUT2D eigenvalue weighted by Gasteiger charge is -1.85. The van der Waals surface area contributed by atoms with Gasteiger partial charge in [-0.3, -0.25) is 0 Å². The van der Waals surface area contributed by atoms with E-state index in [1.54, 1.807) is 0 Å². The maximum Gasteiger partial charge on any atom is 0.114 e. The van der Waals surface area contributed by atoms with E-state index in [2.05, 4.69) is 23.1 Å². The van der Waals surface area contributed by atoms with Gasteiger partial charge in [-0.05, 0) is 24.9 Å². The van der Waals surface area contributed by atoms with Crippen LogP contribution in [0.5, 0.6) is 0 Å². The Morgan fingerprint density at radius 1 is 1.27 bits per heavy atom. The lowest BCUT2D eigenvalue weighted by molar-refractivity contribution is 0.824. The van der Waals surface area contributed by atoms with Crippen molar-refractivity contribution >= 4 is 23.8 Å². The number of para-hydroxylation sites is 1. The number of thiol groups is 1. The van der Waals surface area contributed by atoms with Gasteiger partial charge >= 0.3 is 0 Å². The number of hydrogen-bond donors (Lipinski definition) is 1. The summed E-state index contributed by atoms with van der Waals surface area (Å²) in [6.45, 7) is 0. The first-order chi connectivity index (χ1) is 4.88. The molecule has 0 amide bonds. The van der Waals surface area contributed by atoms with E-state index in [1.807, 2.05) is 24.3 Å². The molecule has 0 bridgehead atoms. The van der Waals surface area contributed by atoms with E-state index < -0.39 is 0 Å². The van der Waals surface area contributed by atoms with Crippen LogP contribution >= 0.6 is 12.8 Å². The Hall–Kier alpha value is -1.07. The molecule has 4 nitrogen and oxygen atoms in total. The Kier molecular flexibility index (Phi) is 2.11. The average molecular weight is 169 g/mol. The van der Waals surface area contributed by atoms with Gasteiger partial charge in [0.1, 0.15) is 11.0 Å². The summed E-state index contributed by atoms with van der Waals surface area (Å²) in [6.07, 6.45) is 0. The van der Waals surface area contributed by atoms with Crippen LogP contribution in [0.3, 0.4) is 0 Å². The highest BCUT2D eigenvalue weighted by Crippen LogP contribution is 2.09. The maximum absolute atomic E-state index is 4.04. The Balaban J connectivity index is 0.000000605. The van der Waals surface area contributed by atoms with Crippen LogP contribution in [0.15, 0.2) is 24.3 Å². The van der Waals surface area contributed by atoms with E-state index in [1.165, 1.54) is 4.09 Å². The van der Waals surface area contributed by atoms with E-state index in [0.717, 1.165) is 11.0 Å². The molecule has 0 radical (unpaired) electrons. The smallest absolute Gasteiger partial charge is 0.114 e.